The lowest BCUT2D eigenvalue weighted by Gasteiger charge is -2.26. The summed E-state index contributed by atoms with van der Waals surface area (Å²) in [6.07, 6.45) is 4.50. The summed E-state index contributed by atoms with van der Waals surface area (Å²) >= 11 is 0. The van der Waals surface area contributed by atoms with Gasteiger partial charge in [-0.3, -0.25) is 29.0 Å². The van der Waals surface area contributed by atoms with Crippen molar-refractivity contribution in [2.24, 2.45) is 17.8 Å². The molecule has 1 heterocycles. The first-order valence-electron chi connectivity index (χ1n) is 17.9. The topological polar surface area (TPSA) is 191 Å². The minimum absolute atomic E-state index is 0.0234. The third-order valence-electron chi connectivity index (χ3n) is 7.88. The molecule has 0 saturated carbocycles. The lowest BCUT2D eigenvalue weighted by molar-refractivity contribution is -0.137. The molecular formula is C37H65N7O6. The number of aromatic nitrogens is 1. The quantitative estimate of drug-likeness (QED) is 0.0897. The van der Waals surface area contributed by atoms with Gasteiger partial charge < -0.3 is 37.0 Å². The number of allylic oxidation sites excluding steroid dienone is 1. The number of aliphatic carboxylic acids is 1. The van der Waals surface area contributed by atoms with Gasteiger partial charge in [-0.2, -0.15) is 0 Å². The van der Waals surface area contributed by atoms with E-state index in [1.807, 2.05) is 66.7 Å². The molecule has 0 bridgehead atoms. The highest BCUT2D eigenvalue weighted by atomic mass is 16.4. The molecule has 7 N–H and O–H groups in total. The van der Waals surface area contributed by atoms with Crippen LogP contribution in [0.5, 0.6) is 0 Å². The number of amides is 4. The standard InChI is InChI=1S/C24H41N5O2.C13H24N2O4/c1-16(2)14-21(28-18(5)6)15-27-19(7)23(30)29-22(17(3)4)24(31)26-13-11-20-10-8-9-12-25-20;1-4-9(3)12(13(19)14-5-2)15-10(16)7-6-8-11(17)18/h8-10,12,16-17,19,21-22,27-28H,5,11,13-15H2,1-4,6-7H3,(H,26,31)(H,29,30);9,12H,4-8H2,1-3H3,(H,14,19)(H,15,16)(H,17,18)/t19-,21?,22?;9-,12?/m00/s1. The SMILES string of the molecule is C=C(C)NC(CN[C@@H](C)C(=O)NC(C(=O)NCCc1ccccn1)C(C)C)CC(C)C.CCNC(=O)C(NC(=O)CCCC(=O)O)[C@@H](C)CC. The molecule has 0 fully saturated rings. The fourth-order valence-electron chi connectivity index (χ4n) is 4.94. The molecule has 0 aromatic carbocycles. The molecular weight excluding hydrogens is 638 g/mol. The summed E-state index contributed by atoms with van der Waals surface area (Å²) in [5.41, 5.74) is 1.83. The van der Waals surface area contributed by atoms with Crippen molar-refractivity contribution < 1.29 is 29.1 Å². The molecule has 0 aliphatic rings. The smallest absolute Gasteiger partial charge is 0.303 e. The zero-order chi connectivity index (χ0) is 38.2. The van der Waals surface area contributed by atoms with E-state index in [2.05, 4.69) is 57.3 Å². The van der Waals surface area contributed by atoms with Crippen LogP contribution < -0.4 is 31.9 Å². The fraction of sp³-hybridized carbons (Fsp3) is 0.676. The molecule has 284 valence electrons. The van der Waals surface area contributed by atoms with Crippen molar-refractivity contribution in [3.8, 4) is 0 Å². The number of likely N-dealkylation sites (N-methyl/N-ethyl adjacent to an activating group) is 1. The molecule has 3 unspecified atom stereocenters. The highest BCUT2D eigenvalue weighted by Gasteiger charge is 2.27. The predicted molar refractivity (Wildman–Crippen MR) is 198 cm³/mol. The average Bonchev–Trinajstić information content (AvgIpc) is 3.04. The molecule has 0 spiro atoms. The van der Waals surface area contributed by atoms with E-state index in [0.29, 0.717) is 32.0 Å². The number of hydrogen-bond acceptors (Lipinski definition) is 8. The van der Waals surface area contributed by atoms with Gasteiger partial charge in [0, 0.05) is 62.5 Å². The molecule has 0 aliphatic heterocycles. The van der Waals surface area contributed by atoms with E-state index in [1.165, 1.54) is 0 Å². The fourth-order valence-corrected chi connectivity index (χ4v) is 4.94. The third kappa shape index (κ3) is 21.2. The second kappa shape index (κ2) is 25.9. The lowest BCUT2D eigenvalue weighted by Crippen LogP contribution is -2.55. The first-order valence-corrected chi connectivity index (χ1v) is 17.9. The van der Waals surface area contributed by atoms with Crippen molar-refractivity contribution >= 4 is 29.6 Å². The van der Waals surface area contributed by atoms with Crippen LogP contribution in [-0.2, 0) is 30.4 Å². The van der Waals surface area contributed by atoms with Crippen LogP contribution in [0.2, 0.25) is 0 Å². The lowest BCUT2D eigenvalue weighted by atomic mass is 9.98. The van der Waals surface area contributed by atoms with Gasteiger partial charge in [0.2, 0.25) is 23.6 Å². The monoisotopic (exact) mass is 703 g/mol. The zero-order valence-corrected chi connectivity index (χ0v) is 31.9. The van der Waals surface area contributed by atoms with Crippen molar-refractivity contribution in [3.05, 3.63) is 42.4 Å². The number of nitrogens with zero attached hydrogens (tertiary/aromatic N) is 1. The molecule has 1 aromatic rings. The number of hydrogen-bond donors (Lipinski definition) is 7. The van der Waals surface area contributed by atoms with Crippen molar-refractivity contribution in [1.29, 1.82) is 0 Å². The molecule has 13 heteroatoms. The van der Waals surface area contributed by atoms with Crippen LogP contribution in [0.3, 0.4) is 0 Å². The third-order valence-corrected chi connectivity index (χ3v) is 7.88. The van der Waals surface area contributed by atoms with Gasteiger partial charge in [0.1, 0.15) is 12.1 Å². The van der Waals surface area contributed by atoms with Crippen LogP contribution in [0.1, 0.15) is 100 Å². The van der Waals surface area contributed by atoms with Gasteiger partial charge in [-0.15, -0.1) is 0 Å². The first kappa shape index (κ1) is 46.0. The summed E-state index contributed by atoms with van der Waals surface area (Å²) in [5, 5.41) is 26.3. The van der Waals surface area contributed by atoms with Crippen LogP contribution in [-0.4, -0.2) is 83.5 Å². The minimum Gasteiger partial charge on any atom is -0.481 e. The number of pyridine rings is 1. The van der Waals surface area contributed by atoms with Crippen LogP contribution in [0, 0.1) is 17.8 Å². The van der Waals surface area contributed by atoms with Gasteiger partial charge in [0.05, 0.1) is 6.04 Å². The summed E-state index contributed by atoms with van der Waals surface area (Å²) in [7, 11) is 0. The Balaban J connectivity index is 0.00000108. The minimum atomic E-state index is -0.921. The Bertz CT molecular complexity index is 1180. The molecule has 1 rings (SSSR count). The number of nitrogens with one attached hydrogen (secondary N) is 6. The maximum absolute atomic E-state index is 12.7. The molecule has 1 aromatic heterocycles. The summed E-state index contributed by atoms with van der Waals surface area (Å²) in [6.45, 7) is 23.2. The Morgan fingerprint density at radius 2 is 1.52 bits per heavy atom. The van der Waals surface area contributed by atoms with E-state index in [-0.39, 0.29) is 60.8 Å². The second-order valence-corrected chi connectivity index (χ2v) is 13.5. The number of carbonyl (C=O) groups is 5. The summed E-state index contributed by atoms with van der Waals surface area (Å²) < 4.78 is 0. The van der Waals surface area contributed by atoms with Gasteiger partial charge >= 0.3 is 5.97 Å². The molecule has 0 aliphatic carbocycles. The van der Waals surface area contributed by atoms with Crippen LogP contribution in [0.25, 0.3) is 0 Å². The highest BCUT2D eigenvalue weighted by molar-refractivity contribution is 5.90. The number of carboxylic acid groups (broad SMARTS) is 1. The van der Waals surface area contributed by atoms with Crippen molar-refractivity contribution in [3.63, 3.8) is 0 Å². The van der Waals surface area contributed by atoms with E-state index in [4.69, 9.17) is 5.11 Å². The summed E-state index contributed by atoms with van der Waals surface area (Å²) in [6, 6.07) is 4.36. The maximum atomic E-state index is 12.7. The second-order valence-electron chi connectivity index (χ2n) is 13.5. The largest absolute Gasteiger partial charge is 0.481 e. The van der Waals surface area contributed by atoms with E-state index < -0.39 is 24.1 Å². The van der Waals surface area contributed by atoms with E-state index in [9.17, 15) is 24.0 Å². The van der Waals surface area contributed by atoms with Gasteiger partial charge in [0.15, 0.2) is 0 Å². The number of rotatable bonds is 23. The molecule has 0 saturated heterocycles. The number of carboxylic acids is 1. The summed E-state index contributed by atoms with van der Waals surface area (Å²) in [4.78, 5) is 63.5. The number of carbonyl (C=O) groups excluding carboxylic acids is 4. The van der Waals surface area contributed by atoms with E-state index in [1.54, 1.807) is 6.20 Å². The first-order chi connectivity index (χ1) is 23.5. The highest BCUT2D eigenvalue weighted by Crippen LogP contribution is 2.09. The molecule has 13 nitrogen and oxygen atoms in total. The van der Waals surface area contributed by atoms with Crippen LogP contribution in [0.15, 0.2) is 36.7 Å². The summed E-state index contributed by atoms with van der Waals surface area (Å²) in [5.74, 6) is -1.20. The van der Waals surface area contributed by atoms with Gasteiger partial charge in [0.25, 0.3) is 0 Å². The Morgan fingerprint density at radius 1 is 0.860 bits per heavy atom. The van der Waals surface area contributed by atoms with Gasteiger partial charge in [-0.1, -0.05) is 60.6 Å². The Hall–Kier alpha value is -4.00. The predicted octanol–water partition coefficient (Wildman–Crippen LogP) is 3.31. The van der Waals surface area contributed by atoms with Crippen LogP contribution in [0.4, 0.5) is 0 Å². The molecule has 5 atom stereocenters. The van der Waals surface area contributed by atoms with E-state index in [0.717, 1.165) is 24.2 Å². The zero-order valence-electron chi connectivity index (χ0n) is 31.9. The Kier molecular flexibility index (Phi) is 23.8. The maximum Gasteiger partial charge on any atom is 0.303 e. The van der Waals surface area contributed by atoms with Crippen molar-refractivity contribution in [2.75, 3.05) is 19.6 Å². The average molecular weight is 704 g/mol. The normalized spacial score (nSPS) is 13.8. The van der Waals surface area contributed by atoms with E-state index >= 15 is 0 Å². The molecule has 0 radical (unpaired) electrons. The van der Waals surface area contributed by atoms with Crippen molar-refractivity contribution in [1.82, 2.24) is 36.9 Å². The molecule has 50 heavy (non-hydrogen) atoms. The molecule has 4 amide bonds. The Labute approximate surface area is 300 Å². The van der Waals surface area contributed by atoms with Crippen LogP contribution >= 0.6 is 0 Å². The van der Waals surface area contributed by atoms with Crippen molar-refractivity contribution in [2.45, 2.75) is 125 Å². The Morgan fingerprint density at radius 3 is 2.04 bits per heavy atom. The van der Waals surface area contributed by atoms with Gasteiger partial charge in [-0.05, 0) is 63.5 Å². The van der Waals surface area contributed by atoms with Gasteiger partial charge in [-0.25, -0.2) is 0 Å².